The van der Waals surface area contributed by atoms with Crippen LogP contribution >= 0.6 is 0 Å². The third-order valence-corrected chi connectivity index (χ3v) is 5.99. The smallest absolute Gasteiger partial charge is 0.283 e. The predicted molar refractivity (Wildman–Crippen MR) is 131 cm³/mol. The zero-order chi connectivity index (χ0) is 24.5. The molecular formula is C26H31N3O5. The Morgan fingerprint density at radius 3 is 2.24 bits per heavy atom. The molecule has 8 nitrogen and oxygen atoms in total. The number of amides is 3. The van der Waals surface area contributed by atoms with Gasteiger partial charge in [-0.2, -0.15) is 0 Å². The Morgan fingerprint density at radius 2 is 1.56 bits per heavy atom. The molecule has 0 radical (unpaired) electrons. The number of nitro benzene ring substituents is 1. The summed E-state index contributed by atoms with van der Waals surface area (Å²) >= 11 is 0. The highest BCUT2D eigenvalue weighted by Crippen LogP contribution is 2.34. The molecular weight excluding hydrogens is 434 g/mol. The molecule has 0 aromatic heterocycles. The summed E-state index contributed by atoms with van der Waals surface area (Å²) in [7, 11) is 0. The first-order valence-electron chi connectivity index (χ1n) is 12.0. The van der Waals surface area contributed by atoms with Crippen molar-refractivity contribution in [2.24, 2.45) is 0 Å². The van der Waals surface area contributed by atoms with E-state index in [1.165, 1.54) is 62.8 Å². The maximum Gasteiger partial charge on any atom is 0.283 e. The molecule has 8 heteroatoms. The van der Waals surface area contributed by atoms with Gasteiger partial charge in [0.05, 0.1) is 16.2 Å². The van der Waals surface area contributed by atoms with Gasteiger partial charge >= 0.3 is 0 Å². The second-order valence-corrected chi connectivity index (χ2v) is 8.58. The van der Waals surface area contributed by atoms with Crippen LogP contribution in [-0.2, 0) is 4.79 Å². The standard InChI is InChI=1S/C26H31N3O5/c1-2-3-4-5-6-7-8-9-10-17-23(30)27-19-13-11-14-20(18-19)28-25(31)21-15-12-16-22(29(33)34)24(21)26(28)32/h11-16,18H,2-10,17H2,1H3,(H,27,30). The topological polar surface area (TPSA) is 110 Å². The van der Waals surface area contributed by atoms with Crippen molar-refractivity contribution in [1.82, 2.24) is 0 Å². The number of benzene rings is 2. The number of unbranched alkanes of at least 4 members (excludes halogenated alkanes) is 8. The number of carbonyl (C=O) groups excluding carboxylic acids is 3. The summed E-state index contributed by atoms with van der Waals surface area (Å²) in [5.41, 5.74) is 0.103. The van der Waals surface area contributed by atoms with Crippen LogP contribution < -0.4 is 10.2 Å². The summed E-state index contributed by atoms with van der Waals surface area (Å²) in [6.07, 6.45) is 10.9. The lowest BCUT2D eigenvalue weighted by atomic mass is 10.1. The Labute approximate surface area is 199 Å². The summed E-state index contributed by atoms with van der Waals surface area (Å²) in [5, 5.41) is 14.1. The number of imide groups is 1. The molecule has 2 aromatic carbocycles. The van der Waals surface area contributed by atoms with Gasteiger partial charge in [-0.15, -0.1) is 0 Å². The van der Waals surface area contributed by atoms with Gasteiger partial charge in [-0.25, -0.2) is 4.90 Å². The summed E-state index contributed by atoms with van der Waals surface area (Å²) < 4.78 is 0. The fourth-order valence-corrected chi connectivity index (χ4v) is 4.20. The quantitative estimate of drug-likeness (QED) is 0.163. The van der Waals surface area contributed by atoms with Crippen LogP contribution in [0.1, 0.15) is 91.8 Å². The number of fused-ring (bicyclic) bond motifs is 1. The number of nitro groups is 1. The van der Waals surface area contributed by atoms with Crippen LogP contribution in [0.4, 0.5) is 17.1 Å². The molecule has 3 amide bonds. The third kappa shape index (κ3) is 6.07. The molecule has 3 rings (SSSR count). The van der Waals surface area contributed by atoms with Gasteiger partial charge in [0.2, 0.25) is 5.91 Å². The second kappa shape index (κ2) is 12.1. The number of hydrogen-bond acceptors (Lipinski definition) is 5. The van der Waals surface area contributed by atoms with Gasteiger partial charge < -0.3 is 5.32 Å². The van der Waals surface area contributed by atoms with Crippen LogP contribution in [0.25, 0.3) is 0 Å². The lowest BCUT2D eigenvalue weighted by Crippen LogP contribution is -2.29. The van der Waals surface area contributed by atoms with Gasteiger partial charge in [0.25, 0.3) is 17.5 Å². The van der Waals surface area contributed by atoms with Crippen LogP contribution in [0.5, 0.6) is 0 Å². The molecule has 0 aliphatic carbocycles. The fourth-order valence-electron chi connectivity index (χ4n) is 4.20. The van der Waals surface area contributed by atoms with E-state index in [9.17, 15) is 24.5 Å². The van der Waals surface area contributed by atoms with Crippen molar-refractivity contribution in [3.63, 3.8) is 0 Å². The minimum atomic E-state index is -0.745. The van der Waals surface area contributed by atoms with Gasteiger partial charge in [0, 0.05) is 18.2 Å². The number of carbonyl (C=O) groups is 3. The fraction of sp³-hybridized carbons (Fsp3) is 0.423. The maximum atomic E-state index is 12.9. The highest BCUT2D eigenvalue weighted by Gasteiger charge is 2.41. The van der Waals surface area contributed by atoms with E-state index in [0.717, 1.165) is 24.2 Å². The Bertz CT molecular complexity index is 1070. The molecule has 0 saturated heterocycles. The first-order chi connectivity index (χ1) is 16.4. The second-order valence-electron chi connectivity index (χ2n) is 8.58. The zero-order valence-corrected chi connectivity index (χ0v) is 19.5. The van der Waals surface area contributed by atoms with Crippen LogP contribution in [0, 0.1) is 10.1 Å². The predicted octanol–water partition coefficient (Wildman–Crippen LogP) is 6.25. The molecule has 2 aromatic rings. The summed E-state index contributed by atoms with van der Waals surface area (Å²) in [6.45, 7) is 2.21. The molecule has 0 saturated carbocycles. The van der Waals surface area contributed by atoms with Crippen LogP contribution in [0.15, 0.2) is 42.5 Å². The van der Waals surface area contributed by atoms with E-state index in [2.05, 4.69) is 12.2 Å². The number of nitrogens with zero attached hydrogens (tertiary/aromatic N) is 2. The number of rotatable bonds is 13. The molecule has 1 aliphatic rings. The van der Waals surface area contributed by atoms with Crippen molar-refractivity contribution in [3.05, 3.63) is 63.7 Å². The van der Waals surface area contributed by atoms with Crippen LogP contribution in [-0.4, -0.2) is 22.6 Å². The van der Waals surface area contributed by atoms with Crippen molar-refractivity contribution >= 4 is 34.8 Å². The van der Waals surface area contributed by atoms with Crippen LogP contribution in [0.3, 0.4) is 0 Å². The molecule has 1 heterocycles. The van der Waals surface area contributed by atoms with Crippen molar-refractivity contribution in [2.45, 2.75) is 71.1 Å². The molecule has 34 heavy (non-hydrogen) atoms. The third-order valence-electron chi connectivity index (χ3n) is 5.99. The minimum Gasteiger partial charge on any atom is -0.326 e. The summed E-state index contributed by atoms with van der Waals surface area (Å²) in [6, 6.07) is 10.4. The van der Waals surface area contributed by atoms with Gasteiger partial charge in [-0.1, -0.05) is 70.4 Å². The van der Waals surface area contributed by atoms with E-state index in [0.29, 0.717) is 12.1 Å². The Morgan fingerprint density at radius 1 is 0.912 bits per heavy atom. The molecule has 0 fully saturated rings. The van der Waals surface area contributed by atoms with E-state index in [1.807, 2.05) is 0 Å². The number of nitrogens with one attached hydrogen (secondary N) is 1. The average molecular weight is 466 g/mol. The Balaban J connectivity index is 1.54. The van der Waals surface area contributed by atoms with Gasteiger partial charge in [-0.3, -0.25) is 24.5 Å². The van der Waals surface area contributed by atoms with Crippen molar-refractivity contribution in [2.75, 3.05) is 10.2 Å². The molecule has 0 bridgehead atoms. The van der Waals surface area contributed by atoms with E-state index >= 15 is 0 Å². The average Bonchev–Trinajstić information content (AvgIpc) is 3.08. The highest BCUT2D eigenvalue weighted by molar-refractivity contribution is 6.35. The molecule has 0 atom stereocenters. The highest BCUT2D eigenvalue weighted by atomic mass is 16.6. The molecule has 1 N–H and O–H groups in total. The van der Waals surface area contributed by atoms with E-state index in [4.69, 9.17) is 0 Å². The molecule has 0 unspecified atom stereocenters. The number of hydrogen-bond donors (Lipinski definition) is 1. The van der Waals surface area contributed by atoms with E-state index < -0.39 is 22.4 Å². The van der Waals surface area contributed by atoms with Gasteiger partial charge in [-0.05, 0) is 30.7 Å². The van der Waals surface area contributed by atoms with Crippen molar-refractivity contribution in [1.29, 1.82) is 0 Å². The Hall–Kier alpha value is -3.55. The lowest BCUT2D eigenvalue weighted by Gasteiger charge is -2.15. The molecule has 1 aliphatic heterocycles. The lowest BCUT2D eigenvalue weighted by molar-refractivity contribution is -0.385. The molecule has 180 valence electrons. The first kappa shape index (κ1) is 25.1. The maximum absolute atomic E-state index is 12.9. The van der Waals surface area contributed by atoms with Crippen molar-refractivity contribution in [3.8, 4) is 0 Å². The SMILES string of the molecule is CCCCCCCCCCCC(=O)Nc1cccc(N2C(=O)c3cccc([N+](=O)[O-])c3C2=O)c1. The minimum absolute atomic E-state index is 0.000924. The van der Waals surface area contributed by atoms with Gasteiger partial charge in [0.15, 0.2) is 0 Å². The Kier molecular flexibility index (Phi) is 8.90. The summed E-state index contributed by atoms with van der Waals surface area (Å²) in [5.74, 6) is -1.49. The molecule has 0 spiro atoms. The normalized spacial score (nSPS) is 12.7. The zero-order valence-electron chi connectivity index (χ0n) is 19.5. The van der Waals surface area contributed by atoms with E-state index in [-0.39, 0.29) is 22.7 Å². The van der Waals surface area contributed by atoms with Crippen LogP contribution in [0.2, 0.25) is 0 Å². The van der Waals surface area contributed by atoms with E-state index in [1.54, 1.807) is 18.2 Å². The number of anilines is 2. The van der Waals surface area contributed by atoms with Crippen molar-refractivity contribution < 1.29 is 19.3 Å². The first-order valence-corrected chi connectivity index (χ1v) is 12.0. The monoisotopic (exact) mass is 465 g/mol. The summed E-state index contributed by atoms with van der Waals surface area (Å²) in [4.78, 5) is 49.6. The van der Waals surface area contributed by atoms with Gasteiger partial charge in [0.1, 0.15) is 5.56 Å². The largest absolute Gasteiger partial charge is 0.326 e.